The second-order valence-corrected chi connectivity index (χ2v) is 6.48. The molecule has 0 radical (unpaired) electrons. The van der Waals surface area contributed by atoms with Crippen LogP contribution in [0.25, 0.3) is 0 Å². The Morgan fingerprint density at radius 1 is 1.45 bits per heavy atom. The maximum absolute atomic E-state index is 5.81. The van der Waals surface area contributed by atoms with E-state index in [0.717, 1.165) is 31.9 Å². The summed E-state index contributed by atoms with van der Waals surface area (Å²) in [5.41, 5.74) is 0.274. The minimum Gasteiger partial charge on any atom is -0.467 e. The molecule has 1 aliphatic heterocycles. The van der Waals surface area contributed by atoms with Crippen LogP contribution < -0.4 is 5.32 Å². The fraction of sp³-hybridized carbons (Fsp3) is 0.750. The van der Waals surface area contributed by atoms with Gasteiger partial charge in [-0.25, -0.2) is 0 Å². The molecule has 1 aromatic heterocycles. The summed E-state index contributed by atoms with van der Waals surface area (Å²) in [4.78, 5) is 0. The zero-order valence-electron chi connectivity index (χ0n) is 12.4. The Hall–Kier alpha value is -0.840. The Bertz CT molecular complexity index is 415. The van der Waals surface area contributed by atoms with Crippen molar-refractivity contribution in [1.29, 1.82) is 0 Å². The van der Waals surface area contributed by atoms with Gasteiger partial charge in [0.2, 0.25) is 0 Å². The first-order chi connectivity index (χ1) is 9.69. The Kier molecular flexibility index (Phi) is 4.15. The normalized spacial score (nSPS) is 31.0. The van der Waals surface area contributed by atoms with E-state index in [2.05, 4.69) is 19.2 Å². The van der Waals surface area contributed by atoms with Crippen molar-refractivity contribution in [3.8, 4) is 0 Å². The quantitative estimate of drug-likeness (QED) is 0.779. The molecule has 0 spiro atoms. The Morgan fingerprint density at radius 3 is 3.15 bits per heavy atom. The molecule has 20 heavy (non-hydrogen) atoms. The van der Waals surface area contributed by atoms with E-state index in [1.54, 1.807) is 6.26 Å². The van der Waals surface area contributed by atoms with E-state index in [0.29, 0.717) is 24.7 Å². The van der Waals surface area contributed by atoms with Crippen LogP contribution >= 0.6 is 0 Å². The van der Waals surface area contributed by atoms with Crippen LogP contribution in [0.1, 0.15) is 32.4 Å². The molecule has 0 amide bonds. The smallest absolute Gasteiger partial charge is 0.129 e. The van der Waals surface area contributed by atoms with Gasteiger partial charge < -0.3 is 19.2 Å². The van der Waals surface area contributed by atoms with Gasteiger partial charge in [-0.15, -0.1) is 0 Å². The number of rotatable bonds is 7. The summed E-state index contributed by atoms with van der Waals surface area (Å²) in [6.07, 6.45) is 4.39. The van der Waals surface area contributed by atoms with Crippen LogP contribution in [0.15, 0.2) is 22.8 Å². The molecule has 3 atom stereocenters. The van der Waals surface area contributed by atoms with Gasteiger partial charge in [0.25, 0.3) is 0 Å². The molecular formula is C16H25NO3. The topological polar surface area (TPSA) is 43.6 Å². The number of hydrogen-bond donors (Lipinski definition) is 1. The number of nitrogens with one attached hydrogen (secondary N) is 1. The molecule has 1 saturated carbocycles. The fourth-order valence-corrected chi connectivity index (χ4v) is 3.74. The summed E-state index contributed by atoms with van der Waals surface area (Å²) in [7, 11) is 0. The lowest BCUT2D eigenvalue weighted by Crippen LogP contribution is -2.65. The van der Waals surface area contributed by atoms with Gasteiger partial charge in [-0.2, -0.15) is 0 Å². The van der Waals surface area contributed by atoms with Crippen LogP contribution in [0.3, 0.4) is 0 Å². The van der Waals surface area contributed by atoms with Crippen LogP contribution in [0.4, 0.5) is 0 Å². The van der Waals surface area contributed by atoms with Crippen LogP contribution in [0.2, 0.25) is 0 Å². The highest BCUT2D eigenvalue weighted by Gasteiger charge is 2.58. The van der Waals surface area contributed by atoms with Gasteiger partial charge in [-0.3, -0.25) is 0 Å². The number of hydrogen-bond acceptors (Lipinski definition) is 4. The molecule has 2 aliphatic rings. The predicted octanol–water partition coefficient (Wildman–Crippen LogP) is 2.59. The summed E-state index contributed by atoms with van der Waals surface area (Å²) in [5, 5.41) is 3.69. The van der Waals surface area contributed by atoms with E-state index >= 15 is 0 Å². The van der Waals surface area contributed by atoms with Crippen molar-refractivity contribution < 1.29 is 13.9 Å². The predicted molar refractivity (Wildman–Crippen MR) is 76.4 cm³/mol. The van der Waals surface area contributed by atoms with Crippen molar-refractivity contribution in [2.75, 3.05) is 19.8 Å². The zero-order chi connectivity index (χ0) is 14.0. The maximum Gasteiger partial charge on any atom is 0.129 e. The molecule has 1 saturated heterocycles. The molecule has 0 aromatic carbocycles. The minimum atomic E-state index is 0.274. The molecule has 1 aromatic rings. The molecule has 1 aliphatic carbocycles. The van der Waals surface area contributed by atoms with E-state index in [-0.39, 0.29) is 5.41 Å². The molecule has 3 unspecified atom stereocenters. The summed E-state index contributed by atoms with van der Waals surface area (Å²) >= 11 is 0. The van der Waals surface area contributed by atoms with Crippen molar-refractivity contribution in [1.82, 2.24) is 5.32 Å². The molecule has 4 heteroatoms. The second kappa shape index (κ2) is 5.88. The summed E-state index contributed by atoms with van der Waals surface area (Å²) in [6, 6.07) is 4.43. The molecule has 4 nitrogen and oxygen atoms in total. The van der Waals surface area contributed by atoms with Gasteiger partial charge in [-0.1, -0.05) is 13.8 Å². The second-order valence-electron chi connectivity index (χ2n) is 6.48. The standard InChI is InChI=1S/C16H25NO3/c1-16(2)14(13-6-10-20-15(13)16)17-7-4-8-18-11-12-5-3-9-19-12/h3,5,9,13-15,17H,4,6-8,10-11H2,1-2H3. The van der Waals surface area contributed by atoms with Gasteiger partial charge in [0, 0.05) is 30.6 Å². The number of furan rings is 1. The highest BCUT2D eigenvalue weighted by atomic mass is 16.5. The monoisotopic (exact) mass is 279 g/mol. The van der Waals surface area contributed by atoms with Crippen molar-refractivity contribution in [3.05, 3.63) is 24.2 Å². The van der Waals surface area contributed by atoms with Gasteiger partial charge in [-0.05, 0) is 31.5 Å². The van der Waals surface area contributed by atoms with Gasteiger partial charge in [0.05, 0.1) is 12.4 Å². The molecule has 3 rings (SSSR count). The molecule has 2 heterocycles. The third-order valence-corrected chi connectivity index (χ3v) is 4.75. The lowest BCUT2D eigenvalue weighted by atomic mass is 9.57. The molecule has 1 N–H and O–H groups in total. The Labute approximate surface area is 120 Å². The van der Waals surface area contributed by atoms with E-state index in [1.807, 2.05) is 12.1 Å². The molecule has 0 bridgehead atoms. The first-order valence-electron chi connectivity index (χ1n) is 7.64. The lowest BCUT2D eigenvalue weighted by molar-refractivity contribution is -0.112. The van der Waals surface area contributed by atoms with Crippen molar-refractivity contribution in [3.63, 3.8) is 0 Å². The van der Waals surface area contributed by atoms with Crippen LogP contribution in [-0.2, 0) is 16.1 Å². The van der Waals surface area contributed by atoms with E-state index < -0.39 is 0 Å². The average molecular weight is 279 g/mol. The fourth-order valence-electron chi connectivity index (χ4n) is 3.74. The third-order valence-electron chi connectivity index (χ3n) is 4.75. The van der Waals surface area contributed by atoms with E-state index in [1.165, 1.54) is 6.42 Å². The van der Waals surface area contributed by atoms with Crippen molar-refractivity contribution in [2.24, 2.45) is 11.3 Å². The van der Waals surface area contributed by atoms with E-state index in [9.17, 15) is 0 Å². The first kappa shape index (κ1) is 14.1. The van der Waals surface area contributed by atoms with Gasteiger partial charge in [0.15, 0.2) is 0 Å². The molecule has 112 valence electrons. The molecular weight excluding hydrogens is 254 g/mol. The largest absolute Gasteiger partial charge is 0.467 e. The van der Waals surface area contributed by atoms with Crippen LogP contribution in [0.5, 0.6) is 0 Å². The average Bonchev–Trinajstić information content (AvgIpc) is 3.07. The number of ether oxygens (including phenoxy) is 2. The lowest BCUT2D eigenvalue weighted by Gasteiger charge is -2.55. The van der Waals surface area contributed by atoms with Crippen molar-refractivity contribution in [2.45, 2.75) is 45.4 Å². The van der Waals surface area contributed by atoms with Gasteiger partial charge >= 0.3 is 0 Å². The van der Waals surface area contributed by atoms with Crippen molar-refractivity contribution >= 4 is 0 Å². The Morgan fingerprint density at radius 2 is 2.35 bits per heavy atom. The maximum atomic E-state index is 5.81. The minimum absolute atomic E-state index is 0.274. The first-order valence-corrected chi connectivity index (χ1v) is 7.64. The van der Waals surface area contributed by atoms with E-state index in [4.69, 9.17) is 13.9 Å². The van der Waals surface area contributed by atoms with Gasteiger partial charge in [0.1, 0.15) is 12.4 Å². The number of fused-ring (bicyclic) bond motifs is 1. The van der Waals surface area contributed by atoms with Crippen LogP contribution in [-0.4, -0.2) is 31.9 Å². The summed E-state index contributed by atoms with van der Waals surface area (Å²) in [5.74, 6) is 1.61. The highest BCUT2D eigenvalue weighted by Crippen LogP contribution is 2.51. The SMILES string of the molecule is CC1(C)C(NCCCOCc2ccco2)C2CCOC21. The van der Waals surface area contributed by atoms with Crippen LogP contribution in [0, 0.1) is 11.3 Å². The zero-order valence-corrected chi connectivity index (χ0v) is 12.4. The molecule has 2 fully saturated rings. The highest BCUT2D eigenvalue weighted by molar-refractivity contribution is 5.11. The summed E-state index contributed by atoms with van der Waals surface area (Å²) < 4.78 is 16.6. The Balaban J connectivity index is 1.30. The third kappa shape index (κ3) is 2.65. The summed E-state index contributed by atoms with van der Waals surface area (Å²) in [6.45, 7) is 7.90.